The second-order valence-electron chi connectivity index (χ2n) is 8.47. The van der Waals surface area contributed by atoms with Crippen molar-refractivity contribution < 1.29 is 4.79 Å². The minimum atomic E-state index is -0.350. The third-order valence-corrected chi connectivity index (χ3v) is 7.08. The van der Waals surface area contributed by atoms with E-state index in [1.165, 1.54) is 4.68 Å². The second kappa shape index (κ2) is 10.2. The molecule has 2 heterocycles. The van der Waals surface area contributed by atoms with Crippen LogP contribution in [-0.2, 0) is 6.54 Å². The number of fused-ring (bicyclic) bond motifs is 2. The van der Waals surface area contributed by atoms with Crippen LogP contribution >= 0.6 is 11.3 Å². The number of aryl methyl sites for hydroxylation is 1. The van der Waals surface area contributed by atoms with Crippen molar-refractivity contribution in [1.29, 1.82) is 0 Å². The summed E-state index contributed by atoms with van der Waals surface area (Å²) in [6.07, 6.45) is 4.09. The van der Waals surface area contributed by atoms with Crippen molar-refractivity contribution in [2.45, 2.75) is 39.2 Å². The van der Waals surface area contributed by atoms with E-state index in [1.807, 2.05) is 60.7 Å². The Morgan fingerprint density at radius 1 is 0.914 bits per heavy atom. The maximum Gasteiger partial charge on any atom is 0.276 e. The van der Waals surface area contributed by atoms with Gasteiger partial charge in [0.05, 0.1) is 21.3 Å². The van der Waals surface area contributed by atoms with Gasteiger partial charge in [-0.25, -0.2) is 9.67 Å². The summed E-state index contributed by atoms with van der Waals surface area (Å²) in [4.78, 5) is 31.3. The smallest absolute Gasteiger partial charge is 0.276 e. The standard InChI is InChI=1S/C28H26N4O2S/c1-2-3-4-11-18-32-28(34)20-13-6-5-12-19(20)25(31-32)26(33)29-22-15-8-7-14-21(22)27-30-23-16-9-10-17-24(23)35-27/h5-10,12-17H,2-4,11,18H2,1H3,(H,29,33). The lowest BCUT2D eigenvalue weighted by molar-refractivity contribution is 0.102. The average Bonchev–Trinajstić information content (AvgIpc) is 3.32. The number of benzene rings is 3. The fourth-order valence-corrected chi connectivity index (χ4v) is 5.20. The molecule has 176 valence electrons. The SMILES string of the molecule is CCCCCCn1nc(C(=O)Nc2ccccc2-c2nc3ccccc3s2)c2ccccc2c1=O. The van der Waals surface area contributed by atoms with Crippen LogP contribution in [0.25, 0.3) is 31.6 Å². The topological polar surface area (TPSA) is 76.9 Å². The predicted octanol–water partition coefficient (Wildman–Crippen LogP) is 6.51. The quantitative estimate of drug-likeness (QED) is 0.256. The Labute approximate surface area is 207 Å². The summed E-state index contributed by atoms with van der Waals surface area (Å²) in [5.74, 6) is -0.350. The van der Waals surface area contributed by atoms with Crippen molar-refractivity contribution in [3.8, 4) is 10.6 Å². The van der Waals surface area contributed by atoms with Crippen LogP contribution in [0.5, 0.6) is 0 Å². The highest BCUT2D eigenvalue weighted by Gasteiger charge is 2.19. The third kappa shape index (κ3) is 4.72. The Balaban J connectivity index is 1.51. The molecule has 3 aromatic carbocycles. The first-order valence-corrected chi connectivity index (χ1v) is 12.7. The summed E-state index contributed by atoms with van der Waals surface area (Å²) in [5, 5.41) is 9.43. The Bertz CT molecular complexity index is 1540. The molecule has 0 aliphatic rings. The van der Waals surface area contributed by atoms with Crippen molar-refractivity contribution in [3.05, 3.63) is 88.8 Å². The lowest BCUT2D eigenvalue weighted by Crippen LogP contribution is -2.28. The number of hydrogen-bond acceptors (Lipinski definition) is 5. The fourth-order valence-electron chi connectivity index (χ4n) is 4.19. The van der Waals surface area contributed by atoms with Crippen LogP contribution in [0.3, 0.4) is 0 Å². The van der Waals surface area contributed by atoms with E-state index in [2.05, 4.69) is 17.3 Å². The van der Waals surface area contributed by atoms with Gasteiger partial charge >= 0.3 is 0 Å². The predicted molar refractivity (Wildman–Crippen MR) is 143 cm³/mol. The monoisotopic (exact) mass is 482 g/mol. The first-order chi connectivity index (χ1) is 17.2. The Morgan fingerprint density at radius 3 is 2.49 bits per heavy atom. The van der Waals surface area contributed by atoms with E-state index in [4.69, 9.17) is 4.98 Å². The Hall–Kier alpha value is -3.84. The molecular weight excluding hydrogens is 456 g/mol. The maximum atomic E-state index is 13.5. The van der Waals surface area contributed by atoms with Gasteiger partial charge in [0.15, 0.2) is 5.69 Å². The highest BCUT2D eigenvalue weighted by molar-refractivity contribution is 7.21. The van der Waals surface area contributed by atoms with Gasteiger partial charge in [0.25, 0.3) is 11.5 Å². The first-order valence-electron chi connectivity index (χ1n) is 11.9. The number of aromatic nitrogens is 3. The van der Waals surface area contributed by atoms with Gasteiger partial charge in [-0.1, -0.05) is 68.7 Å². The van der Waals surface area contributed by atoms with Gasteiger partial charge in [-0.05, 0) is 36.8 Å². The summed E-state index contributed by atoms with van der Waals surface area (Å²) < 4.78 is 2.53. The molecule has 0 atom stereocenters. The van der Waals surface area contributed by atoms with E-state index in [-0.39, 0.29) is 17.2 Å². The highest BCUT2D eigenvalue weighted by Crippen LogP contribution is 2.34. The molecular formula is C28H26N4O2S. The normalized spacial score (nSPS) is 11.2. The molecule has 1 amide bonds. The molecule has 7 heteroatoms. The number of amides is 1. The zero-order chi connectivity index (χ0) is 24.2. The van der Waals surface area contributed by atoms with Crippen LogP contribution in [0.15, 0.2) is 77.6 Å². The molecule has 0 radical (unpaired) electrons. The number of carbonyl (C=O) groups excluding carboxylic acids is 1. The zero-order valence-corrected chi connectivity index (χ0v) is 20.3. The van der Waals surface area contributed by atoms with Gasteiger partial charge in [-0.3, -0.25) is 9.59 Å². The molecule has 35 heavy (non-hydrogen) atoms. The average molecular weight is 483 g/mol. The summed E-state index contributed by atoms with van der Waals surface area (Å²) in [6, 6.07) is 22.8. The van der Waals surface area contributed by atoms with Crippen molar-refractivity contribution in [3.63, 3.8) is 0 Å². The van der Waals surface area contributed by atoms with Gasteiger partial charge in [0.2, 0.25) is 0 Å². The third-order valence-electron chi connectivity index (χ3n) is 6.01. The van der Waals surface area contributed by atoms with E-state index < -0.39 is 0 Å². The van der Waals surface area contributed by atoms with Gasteiger partial charge in [-0.15, -0.1) is 11.3 Å². The van der Waals surface area contributed by atoms with E-state index in [0.717, 1.165) is 46.5 Å². The van der Waals surface area contributed by atoms with Crippen molar-refractivity contribution in [2.75, 3.05) is 5.32 Å². The molecule has 0 unspecified atom stereocenters. The number of nitrogens with one attached hydrogen (secondary N) is 1. The number of anilines is 1. The van der Waals surface area contributed by atoms with Crippen molar-refractivity contribution in [2.24, 2.45) is 0 Å². The second-order valence-corrected chi connectivity index (χ2v) is 9.50. The molecule has 0 saturated heterocycles. The number of para-hydroxylation sites is 2. The molecule has 0 fully saturated rings. The number of hydrogen-bond donors (Lipinski definition) is 1. The lowest BCUT2D eigenvalue weighted by Gasteiger charge is -2.13. The number of nitrogens with zero attached hydrogens (tertiary/aromatic N) is 3. The minimum absolute atomic E-state index is 0.163. The van der Waals surface area contributed by atoms with E-state index >= 15 is 0 Å². The van der Waals surface area contributed by atoms with Crippen LogP contribution in [0.1, 0.15) is 43.1 Å². The van der Waals surface area contributed by atoms with E-state index in [9.17, 15) is 9.59 Å². The first kappa shape index (κ1) is 22.9. The van der Waals surface area contributed by atoms with Crippen molar-refractivity contribution >= 4 is 43.9 Å². The summed E-state index contributed by atoms with van der Waals surface area (Å²) in [5.41, 5.74) is 2.51. The molecule has 1 N–H and O–H groups in total. The van der Waals surface area contributed by atoms with Crippen LogP contribution in [0.2, 0.25) is 0 Å². The Kier molecular flexibility index (Phi) is 6.68. The van der Waals surface area contributed by atoms with Gasteiger partial charge < -0.3 is 5.32 Å². The van der Waals surface area contributed by atoms with Gasteiger partial charge in [0.1, 0.15) is 5.01 Å². The summed E-state index contributed by atoms with van der Waals surface area (Å²) in [7, 11) is 0. The molecule has 0 aliphatic carbocycles. The van der Waals surface area contributed by atoms with Crippen LogP contribution in [0, 0.1) is 0 Å². The summed E-state index contributed by atoms with van der Waals surface area (Å²) >= 11 is 1.58. The molecule has 6 nitrogen and oxygen atoms in total. The highest BCUT2D eigenvalue weighted by atomic mass is 32.1. The number of unbranched alkanes of at least 4 members (excludes halogenated alkanes) is 3. The molecule has 5 rings (SSSR count). The van der Waals surface area contributed by atoms with E-state index in [1.54, 1.807) is 23.5 Å². The van der Waals surface area contributed by atoms with Crippen molar-refractivity contribution in [1.82, 2.24) is 14.8 Å². The number of rotatable bonds is 8. The van der Waals surface area contributed by atoms with Gasteiger partial charge in [-0.2, -0.15) is 5.10 Å². The molecule has 0 bridgehead atoms. The minimum Gasteiger partial charge on any atom is -0.320 e. The lowest BCUT2D eigenvalue weighted by atomic mass is 10.1. The molecule has 5 aromatic rings. The Morgan fingerprint density at radius 2 is 1.66 bits per heavy atom. The van der Waals surface area contributed by atoms with Crippen LogP contribution in [0.4, 0.5) is 5.69 Å². The molecule has 2 aromatic heterocycles. The fraction of sp³-hybridized carbons (Fsp3) is 0.214. The number of carbonyl (C=O) groups is 1. The summed E-state index contributed by atoms with van der Waals surface area (Å²) in [6.45, 7) is 2.64. The molecule has 0 spiro atoms. The molecule has 0 aliphatic heterocycles. The number of thiazole rings is 1. The van der Waals surface area contributed by atoms with Gasteiger partial charge in [0, 0.05) is 17.5 Å². The molecule has 0 saturated carbocycles. The zero-order valence-electron chi connectivity index (χ0n) is 19.5. The van der Waals surface area contributed by atoms with Crippen LogP contribution in [-0.4, -0.2) is 20.7 Å². The maximum absolute atomic E-state index is 13.5. The largest absolute Gasteiger partial charge is 0.320 e. The van der Waals surface area contributed by atoms with Crippen LogP contribution < -0.4 is 10.9 Å². The van der Waals surface area contributed by atoms with E-state index in [0.29, 0.717) is 23.0 Å².